The maximum absolute atomic E-state index is 13.3. The van der Waals surface area contributed by atoms with Gasteiger partial charge in [0.2, 0.25) is 0 Å². The van der Waals surface area contributed by atoms with Crippen LogP contribution in [-0.2, 0) is 23.8 Å². The topological polar surface area (TPSA) is 88.1 Å². The number of cyclic esters (lactones) is 1. The molecule has 0 N–H and O–H groups in total. The zero-order valence-electron chi connectivity index (χ0n) is 19.7. The number of hydrogen-bond acceptors (Lipinski definition) is 7. The molecule has 1 aromatic rings. The molecule has 9 heteroatoms. The Morgan fingerprint density at radius 3 is 2.39 bits per heavy atom. The Labute approximate surface area is 187 Å². The number of benzene rings is 1. The highest BCUT2D eigenvalue weighted by molar-refractivity contribution is 7.91. The van der Waals surface area contributed by atoms with Crippen molar-refractivity contribution >= 4 is 24.1 Å². The van der Waals surface area contributed by atoms with Crippen LogP contribution in [0.15, 0.2) is 17.0 Å². The fraction of sp³-hybridized carbons (Fsp3) is 0.682. The molecular formula is C22H36O7SSi. The number of methoxy groups -OCH3 is 1. The number of rotatable bonds is 10. The van der Waals surface area contributed by atoms with Gasteiger partial charge in [0.25, 0.3) is 0 Å². The second-order valence-electron chi connectivity index (χ2n) is 9.34. The molecule has 2 rings (SSSR count). The van der Waals surface area contributed by atoms with Gasteiger partial charge in [-0.2, -0.15) is 0 Å². The van der Waals surface area contributed by atoms with Gasteiger partial charge in [-0.1, -0.05) is 27.7 Å². The van der Waals surface area contributed by atoms with Crippen molar-refractivity contribution in [1.29, 1.82) is 0 Å². The molecule has 1 aromatic carbocycles. The molecule has 0 spiro atoms. The molecule has 1 aliphatic rings. The highest BCUT2D eigenvalue weighted by Crippen LogP contribution is 2.41. The molecule has 1 saturated heterocycles. The van der Waals surface area contributed by atoms with Gasteiger partial charge in [-0.3, -0.25) is 4.79 Å². The van der Waals surface area contributed by atoms with E-state index in [9.17, 15) is 13.2 Å². The maximum atomic E-state index is 13.3. The summed E-state index contributed by atoms with van der Waals surface area (Å²) < 4.78 is 49.4. The zero-order valence-corrected chi connectivity index (χ0v) is 21.6. The highest BCUT2D eigenvalue weighted by Gasteiger charge is 2.37. The summed E-state index contributed by atoms with van der Waals surface area (Å²) in [5.41, 5.74) is 0.593. The minimum atomic E-state index is -3.74. The quantitative estimate of drug-likeness (QED) is 0.361. The van der Waals surface area contributed by atoms with Gasteiger partial charge in [0.05, 0.1) is 19.5 Å². The van der Waals surface area contributed by atoms with Crippen LogP contribution in [0.2, 0.25) is 18.1 Å². The first-order valence-corrected chi connectivity index (χ1v) is 15.3. The fourth-order valence-corrected chi connectivity index (χ4v) is 5.48. The van der Waals surface area contributed by atoms with Crippen molar-refractivity contribution in [2.45, 2.75) is 76.1 Å². The van der Waals surface area contributed by atoms with Gasteiger partial charge in [0.15, 0.2) is 29.7 Å². The zero-order chi connectivity index (χ0) is 23.4. The first kappa shape index (κ1) is 25.7. The van der Waals surface area contributed by atoms with Crippen molar-refractivity contribution in [1.82, 2.24) is 0 Å². The summed E-state index contributed by atoms with van der Waals surface area (Å²) in [7, 11) is -4.34. The highest BCUT2D eigenvalue weighted by atomic mass is 32.2. The van der Waals surface area contributed by atoms with Gasteiger partial charge in [0.1, 0.15) is 11.0 Å². The molecule has 0 saturated carbocycles. The second kappa shape index (κ2) is 9.91. The summed E-state index contributed by atoms with van der Waals surface area (Å²) in [6.45, 7) is 12.9. The van der Waals surface area contributed by atoms with Gasteiger partial charge >= 0.3 is 5.97 Å². The molecule has 0 aliphatic carbocycles. The number of carbonyl (C=O) groups excluding carboxylic acids is 1. The Balaban J connectivity index is 2.38. The molecule has 1 heterocycles. The first-order chi connectivity index (χ1) is 14.3. The van der Waals surface area contributed by atoms with E-state index in [1.807, 2.05) is 6.92 Å². The maximum Gasteiger partial charge on any atom is 0.306 e. The van der Waals surface area contributed by atoms with Crippen LogP contribution in [0.4, 0.5) is 0 Å². The minimum absolute atomic E-state index is 0.0123. The lowest BCUT2D eigenvalue weighted by molar-refractivity contribution is -0.141. The fourth-order valence-electron chi connectivity index (χ4n) is 3.01. The lowest BCUT2D eigenvalue weighted by Crippen LogP contribution is -2.41. The van der Waals surface area contributed by atoms with Gasteiger partial charge < -0.3 is 18.6 Å². The Kier molecular flexibility index (Phi) is 8.21. The summed E-state index contributed by atoms with van der Waals surface area (Å²) in [4.78, 5) is 11.6. The lowest BCUT2D eigenvalue weighted by Gasteiger charge is -2.36. The molecular weight excluding hydrogens is 436 g/mol. The van der Waals surface area contributed by atoms with E-state index in [2.05, 4.69) is 33.9 Å². The molecule has 1 atom stereocenters. The third-order valence-electron chi connectivity index (χ3n) is 5.93. The number of esters is 1. The molecule has 0 radical (unpaired) electrons. The molecule has 1 fully saturated rings. The van der Waals surface area contributed by atoms with Gasteiger partial charge in [-0.25, -0.2) is 8.42 Å². The average Bonchev–Trinajstić information content (AvgIpc) is 3.10. The van der Waals surface area contributed by atoms with E-state index in [1.54, 1.807) is 12.1 Å². The summed E-state index contributed by atoms with van der Waals surface area (Å²) in [5, 5.41) is -0.0123. The van der Waals surface area contributed by atoms with Crippen molar-refractivity contribution < 1.29 is 31.8 Å². The Morgan fingerprint density at radius 2 is 1.87 bits per heavy atom. The van der Waals surface area contributed by atoms with Crippen LogP contribution in [0.5, 0.6) is 11.5 Å². The van der Waals surface area contributed by atoms with Gasteiger partial charge in [0, 0.05) is 13.0 Å². The van der Waals surface area contributed by atoms with Crippen molar-refractivity contribution in [2.75, 3.05) is 26.1 Å². The smallest absolute Gasteiger partial charge is 0.306 e. The first-order valence-electron chi connectivity index (χ1n) is 10.7. The van der Waals surface area contributed by atoms with E-state index >= 15 is 0 Å². The van der Waals surface area contributed by atoms with Crippen LogP contribution >= 0.6 is 0 Å². The van der Waals surface area contributed by atoms with E-state index in [4.69, 9.17) is 18.6 Å². The van der Waals surface area contributed by atoms with Gasteiger partial charge in [-0.15, -0.1) is 0 Å². The van der Waals surface area contributed by atoms with E-state index < -0.39 is 24.3 Å². The minimum Gasteiger partial charge on any atom is -0.493 e. The van der Waals surface area contributed by atoms with E-state index in [0.717, 1.165) is 6.42 Å². The molecule has 0 amide bonds. The van der Waals surface area contributed by atoms with Crippen LogP contribution < -0.4 is 9.47 Å². The molecule has 7 nitrogen and oxygen atoms in total. The van der Waals surface area contributed by atoms with Crippen molar-refractivity contribution in [3.63, 3.8) is 0 Å². The standard InChI is InChI=1S/C22H36O7SSi/c1-8-11-27-21-18(26-5)14-16(17-9-10-20(23)29-17)15-19(21)30(24,25)13-12-28-31(6,7)22(2,3)4/h14-15,17H,8-13H2,1-7H3. The van der Waals surface area contributed by atoms with Crippen LogP contribution in [0.3, 0.4) is 0 Å². The normalized spacial score (nSPS) is 17.5. The molecule has 0 aromatic heterocycles. The second-order valence-corrected chi connectivity index (χ2v) is 16.2. The molecule has 176 valence electrons. The third-order valence-corrected chi connectivity index (χ3v) is 12.1. The van der Waals surface area contributed by atoms with Crippen molar-refractivity contribution in [2.24, 2.45) is 0 Å². The average molecular weight is 473 g/mol. The summed E-state index contributed by atoms with van der Waals surface area (Å²) in [6.07, 6.45) is 1.05. The predicted molar refractivity (Wildman–Crippen MR) is 122 cm³/mol. The SMILES string of the molecule is CCCOc1c(OC)cc(C2CCC(=O)O2)cc1S(=O)(=O)CCO[Si](C)(C)C(C)(C)C. The summed E-state index contributed by atoms with van der Waals surface area (Å²) in [6, 6.07) is 3.25. The summed E-state index contributed by atoms with van der Waals surface area (Å²) in [5.74, 6) is 0.0592. The van der Waals surface area contributed by atoms with Crippen molar-refractivity contribution in [3.05, 3.63) is 17.7 Å². The van der Waals surface area contributed by atoms with Crippen LogP contribution in [0, 0.1) is 0 Å². The van der Waals surface area contributed by atoms with E-state index in [0.29, 0.717) is 30.8 Å². The molecule has 0 bridgehead atoms. The molecule has 1 unspecified atom stereocenters. The Hall–Kier alpha value is -1.58. The van der Waals surface area contributed by atoms with E-state index in [1.165, 1.54) is 7.11 Å². The van der Waals surface area contributed by atoms with Crippen LogP contribution in [-0.4, -0.2) is 48.8 Å². The monoisotopic (exact) mass is 472 g/mol. The molecule has 1 aliphatic heterocycles. The van der Waals surface area contributed by atoms with Gasteiger partial charge in [-0.05, 0) is 48.7 Å². The van der Waals surface area contributed by atoms with E-state index in [-0.39, 0.29) is 34.0 Å². The number of carbonyl (C=O) groups is 1. The number of sulfone groups is 1. The molecule has 31 heavy (non-hydrogen) atoms. The van der Waals surface area contributed by atoms with Crippen LogP contribution in [0.25, 0.3) is 0 Å². The third kappa shape index (κ3) is 6.23. The van der Waals surface area contributed by atoms with Crippen LogP contribution in [0.1, 0.15) is 58.6 Å². The summed E-state index contributed by atoms with van der Waals surface area (Å²) >= 11 is 0. The predicted octanol–water partition coefficient (Wildman–Crippen LogP) is 4.66. The Morgan fingerprint density at radius 1 is 1.19 bits per heavy atom. The number of hydrogen-bond donors (Lipinski definition) is 0. The van der Waals surface area contributed by atoms with Crippen molar-refractivity contribution in [3.8, 4) is 11.5 Å². The Bertz CT molecular complexity index is 888. The number of ether oxygens (including phenoxy) is 3. The largest absolute Gasteiger partial charge is 0.493 e. The lowest BCUT2D eigenvalue weighted by atomic mass is 10.1.